The van der Waals surface area contributed by atoms with Gasteiger partial charge in [0.05, 0.1) is 19.3 Å². The van der Waals surface area contributed by atoms with Gasteiger partial charge in [0, 0.05) is 37.8 Å². The van der Waals surface area contributed by atoms with Gasteiger partial charge in [-0.15, -0.1) is 24.0 Å². The highest BCUT2D eigenvalue weighted by atomic mass is 127. The van der Waals surface area contributed by atoms with Gasteiger partial charge in [-0.1, -0.05) is 18.6 Å². The molecule has 0 spiro atoms. The molecule has 31 heavy (non-hydrogen) atoms. The van der Waals surface area contributed by atoms with Gasteiger partial charge in [0.2, 0.25) is 5.91 Å². The molecule has 0 bridgehead atoms. The lowest BCUT2D eigenvalue weighted by Crippen LogP contribution is -2.53. The van der Waals surface area contributed by atoms with Crippen LogP contribution >= 0.6 is 24.0 Å². The standard InChI is InChI=1S/C23H34N4O3.HI/c1-2-24-23(27-11-13-30-21(16-27)20-10-5-12-29-20)25-15-17-6-3-9-19(14-17)26-22(28)18-7-4-8-18;/h3,6,9,14,18,20-21H,2,4-5,7-8,10-13,15-16H2,1H3,(H,24,25)(H,26,28);1H. The number of morpholine rings is 1. The first kappa shape index (κ1) is 24.3. The predicted octanol–water partition coefficient (Wildman–Crippen LogP) is 3.39. The number of nitrogens with zero attached hydrogens (tertiary/aromatic N) is 2. The number of hydrogen-bond acceptors (Lipinski definition) is 4. The first-order valence-corrected chi connectivity index (χ1v) is 11.4. The van der Waals surface area contributed by atoms with E-state index in [9.17, 15) is 4.79 Å². The zero-order valence-electron chi connectivity index (χ0n) is 18.3. The Balaban J connectivity index is 0.00000272. The van der Waals surface area contributed by atoms with E-state index in [-0.39, 0.29) is 48.0 Å². The molecule has 8 heteroatoms. The summed E-state index contributed by atoms with van der Waals surface area (Å²) >= 11 is 0. The van der Waals surface area contributed by atoms with Crippen molar-refractivity contribution in [3.05, 3.63) is 29.8 Å². The Morgan fingerprint density at radius 3 is 2.71 bits per heavy atom. The number of aliphatic imine (C=N–C) groups is 1. The Kier molecular flexibility index (Phi) is 9.40. The van der Waals surface area contributed by atoms with Crippen molar-refractivity contribution >= 4 is 41.5 Å². The number of ether oxygens (including phenoxy) is 2. The van der Waals surface area contributed by atoms with Crippen LogP contribution in [-0.4, -0.2) is 61.8 Å². The lowest BCUT2D eigenvalue weighted by atomic mass is 9.85. The van der Waals surface area contributed by atoms with Crippen molar-refractivity contribution in [2.75, 3.05) is 38.2 Å². The molecule has 1 saturated carbocycles. The van der Waals surface area contributed by atoms with E-state index in [0.29, 0.717) is 13.2 Å². The number of carbonyl (C=O) groups is 1. The average molecular weight is 542 g/mol. The molecule has 4 rings (SSSR count). The van der Waals surface area contributed by atoms with Gasteiger partial charge in [0.15, 0.2) is 5.96 Å². The molecule has 0 aromatic heterocycles. The smallest absolute Gasteiger partial charge is 0.227 e. The van der Waals surface area contributed by atoms with E-state index in [2.05, 4.69) is 28.5 Å². The monoisotopic (exact) mass is 542 g/mol. The van der Waals surface area contributed by atoms with E-state index < -0.39 is 0 Å². The van der Waals surface area contributed by atoms with Crippen molar-refractivity contribution in [3.63, 3.8) is 0 Å². The predicted molar refractivity (Wildman–Crippen MR) is 133 cm³/mol. The molecule has 2 N–H and O–H groups in total. The number of nitrogens with one attached hydrogen (secondary N) is 2. The van der Waals surface area contributed by atoms with Gasteiger partial charge >= 0.3 is 0 Å². The zero-order valence-corrected chi connectivity index (χ0v) is 20.7. The van der Waals surface area contributed by atoms with E-state index in [4.69, 9.17) is 14.5 Å². The summed E-state index contributed by atoms with van der Waals surface area (Å²) in [6.07, 6.45) is 5.68. The van der Waals surface area contributed by atoms with Crippen molar-refractivity contribution in [1.82, 2.24) is 10.2 Å². The third kappa shape index (κ3) is 6.55. The summed E-state index contributed by atoms with van der Waals surface area (Å²) in [5, 5.41) is 6.47. The molecule has 2 saturated heterocycles. The van der Waals surface area contributed by atoms with Gasteiger partial charge in [0.25, 0.3) is 0 Å². The van der Waals surface area contributed by atoms with E-state index in [1.807, 2.05) is 18.2 Å². The second kappa shape index (κ2) is 12.0. The van der Waals surface area contributed by atoms with Gasteiger partial charge in [-0.25, -0.2) is 4.99 Å². The van der Waals surface area contributed by atoms with Crippen molar-refractivity contribution < 1.29 is 14.3 Å². The molecule has 1 aromatic rings. The number of guanidine groups is 1. The van der Waals surface area contributed by atoms with Crippen molar-refractivity contribution in [1.29, 1.82) is 0 Å². The van der Waals surface area contributed by atoms with Crippen molar-refractivity contribution in [3.8, 4) is 0 Å². The maximum absolute atomic E-state index is 12.2. The van der Waals surface area contributed by atoms with Gasteiger partial charge in [-0.3, -0.25) is 4.79 Å². The van der Waals surface area contributed by atoms with Crippen LogP contribution in [0.25, 0.3) is 0 Å². The van der Waals surface area contributed by atoms with Crippen LogP contribution in [0.2, 0.25) is 0 Å². The van der Waals surface area contributed by atoms with Crippen molar-refractivity contribution in [2.45, 2.75) is 57.8 Å². The van der Waals surface area contributed by atoms with Crippen molar-refractivity contribution in [2.24, 2.45) is 10.9 Å². The molecule has 2 atom stereocenters. The lowest BCUT2D eigenvalue weighted by molar-refractivity contribution is -0.122. The minimum Gasteiger partial charge on any atom is -0.375 e. The molecule has 2 heterocycles. The second-order valence-corrected chi connectivity index (χ2v) is 8.39. The quantitative estimate of drug-likeness (QED) is 0.328. The van der Waals surface area contributed by atoms with Crippen LogP contribution in [0.5, 0.6) is 0 Å². The molecule has 1 aliphatic carbocycles. The fourth-order valence-electron chi connectivity index (χ4n) is 4.24. The number of amides is 1. The molecule has 1 aromatic carbocycles. The van der Waals surface area contributed by atoms with Crippen LogP contribution in [0.4, 0.5) is 5.69 Å². The summed E-state index contributed by atoms with van der Waals surface area (Å²) in [6.45, 7) is 6.63. The summed E-state index contributed by atoms with van der Waals surface area (Å²) < 4.78 is 11.8. The average Bonchev–Trinajstić information content (AvgIpc) is 3.25. The molecule has 7 nitrogen and oxygen atoms in total. The molecule has 0 radical (unpaired) electrons. The summed E-state index contributed by atoms with van der Waals surface area (Å²) in [4.78, 5) is 19.4. The van der Waals surface area contributed by atoms with Crippen LogP contribution in [0.3, 0.4) is 0 Å². The highest BCUT2D eigenvalue weighted by Crippen LogP contribution is 2.27. The molecule has 3 fully saturated rings. The van der Waals surface area contributed by atoms with Gasteiger partial charge in [-0.2, -0.15) is 0 Å². The summed E-state index contributed by atoms with van der Waals surface area (Å²) in [7, 11) is 0. The van der Waals surface area contributed by atoms with E-state index in [1.54, 1.807) is 0 Å². The first-order chi connectivity index (χ1) is 14.7. The highest BCUT2D eigenvalue weighted by molar-refractivity contribution is 14.0. The van der Waals surface area contributed by atoms with Crippen LogP contribution in [-0.2, 0) is 20.8 Å². The lowest BCUT2D eigenvalue weighted by Gasteiger charge is -2.37. The Hall–Kier alpha value is -1.39. The molecule has 172 valence electrons. The normalized spacial score (nSPS) is 24.3. The number of anilines is 1. The molecule has 2 aliphatic heterocycles. The summed E-state index contributed by atoms with van der Waals surface area (Å²) in [6, 6.07) is 8.01. The Bertz CT molecular complexity index is 750. The minimum absolute atomic E-state index is 0. The fraction of sp³-hybridized carbons (Fsp3) is 0.652. The van der Waals surface area contributed by atoms with Gasteiger partial charge in [-0.05, 0) is 50.3 Å². The maximum atomic E-state index is 12.2. The van der Waals surface area contributed by atoms with Crippen LogP contribution in [0, 0.1) is 5.92 Å². The number of hydrogen-bond donors (Lipinski definition) is 2. The van der Waals surface area contributed by atoms with E-state index in [0.717, 1.165) is 75.6 Å². The van der Waals surface area contributed by atoms with Crippen LogP contribution in [0.1, 0.15) is 44.6 Å². The highest BCUT2D eigenvalue weighted by Gasteiger charge is 2.32. The molecular weight excluding hydrogens is 507 g/mol. The Morgan fingerprint density at radius 2 is 2.00 bits per heavy atom. The molecule has 2 unspecified atom stereocenters. The third-order valence-corrected chi connectivity index (χ3v) is 6.19. The molecular formula is C23H35IN4O3. The molecule has 1 amide bonds. The summed E-state index contributed by atoms with van der Waals surface area (Å²) in [5.41, 5.74) is 1.94. The number of benzene rings is 1. The molecule has 3 aliphatic rings. The third-order valence-electron chi connectivity index (χ3n) is 6.19. The number of rotatable bonds is 6. The minimum atomic E-state index is 0. The number of carbonyl (C=O) groups excluding carboxylic acids is 1. The Labute approximate surface area is 202 Å². The second-order valence-electron chi connectivity index (χ2n) is 8.39. The SMILES string of the molecule is CCNC(=NCc1cccc(NC(=O)C2CCC2)c1)N1CCOC(C2CCCO2)C1.I. The Morgan fingerprint density at radius 1 is 1.16 bits per heavy atom. The first-order valence-electron chi connectivity index (χ1n) is 11.4. The zero-order chi connectivity index (χ0) is 20.8. The van der Waals surface area contributed by atoms with Crippen LogP contribution in [0.15, 0.2) is 29.3 Å². The summed E-state index contributed by atoms with van der Waals surface area (Å²) in [5.74, 6) is 1.24. The number of halogens is 1. The largest absolute Gasteiger partial charge is 0.375 e. The van der Waals surface area contributed by atoms with Gasteiger partial charge in [0.1, 0.15) is 6.10 Å². The van der Waals surface area contributed by atoms with E-state index in [1.165, 1.54) is 0 Å². The maximum Gasteiger partial charge on any atom is 0.227 e. The fourth-order valence-corrected chi connectivity index (χ4v) is 4.24. The topological polar surface area (TPSA) is 75.2 Å². The van der Waals surface area contributed by atoms with E-state index >= 15 is 0 Å². The van der Waals surface area contributed by atoms with Crippen LogP contribution < -0.4 is 10.6 Å². The van der Waals surface area contributed by atoms with Gasteiger partial charge < -0.3 is 25.0 Å².